The second-order valence-electron chi connectivity index (χ2n) is 3.19. The molecule has 1 fully saturated rings. The van der Waals surface area contributed by atoms with E-state index in [-0.39, 0.29) is 11.6 Å². The first-order valence-corrected chi connectivity index (χ1v) is 4.35. The summed E-state index contributed by atoms with van der Waals surface area (Å²) in [7, 11) is 0. The van der Waals surface area contributed by atoms with E-state index in [1.807, 2.05) is 30.3 Å². The highest BCUT2D eigenvalue weighted by molar-refractivity contribution is 6.45. The van der Waals surface area contributed by atoms with Crippen molar-refractivity contribution in [2.24, 2.45) is 5.16 Å². The van der Waals surface area contributed by atoms with Gasteiger partial charge in [0.15, 0.2) is 5.71 Å². The summed E-state index contributed by atoms with van der Waals surface area (Å²) >= 11 is 0. The van der Waals surface area contributed by atoms with E-state index in [1.165, 1.54) is 0 Å². The van der Waals surface area contributed by atoms with Crippen molar-refractivity contribution in [2.75, 3.05) is 6.54 Å². The number of likely N-dealkylation sites (tertiary alicyclic amines) is 1. The summed E-state index contributed by atoms with van der Waals surface area (Å²) in [4.78, 5) is 12.9. The molecule has 4 heteroatoms. The summed E-state index contributed by atoms with van der Waals surface area (Å²) in [6.07, 6.45) is 0. The van der Waals surface area contributed by atoms with Gasteiger partial charge in [-0.3, -0.25) is 4.79 Å². The zero-order valence-corrected chi connectivity index (χ0v) is 7.55. The Kier molecular flexibility index (Phi) is 2.18. The normalized spacial score (nSPS) is 18.4. The molecule has 0 unspecified atom stereocenters. The van der Waals surface area contributed by atoms with Crippen LogP contribution in [0.4, 0.5) is 0 Å². The van der Waals surface area contributed by atoms with Gasteiger partial charge in [0.05, 0.1) is 6.54 Å². The van der Waals surface area contributed by atoms with Crippen LogP contribution in [0.15, 0.2) is 35.5 Å². The van der Waals surface area contributed by atoms with Crippen LogP contribution < -0.4 is 0 Å². The average molecular weight is 190 g/mol. The first-order chi connectivity index (χ1) is 6.81. The maximum atomic E-state index is 11.2. The number of oxime groups is 1. The van der Waals surface area contributed by atoms with Crippen LogP contribution in [0.3, 0.4) is 0 Å². The lowest BCUT2D eigenvalue weighted by Crippen LogP contribution is -2.52. The molecular weight excluding hydrogens is 180 g/mol. The number of carbonyl (C=O) groups excluding carboxylic acids is 1. The molecule has 1 aromatic rings. The molecule has 1 aromatic carbocycles. The minimum absolute atomic E-state index is 0.184. The van der Waals surface area contributed by atoms with Gasteiger partial charge in [-0.15, -0.1) is 0 Å². The van der Waals surface area contributed by atoms with Crippen LogP contribution in [0, 0.1) is 0 Å². The predicted octanol–water partition coefficient (Wildman–Crippen LogP) is 0.859. The molecule has 4 nitrogen and oxygen atoms in total. The fourth-order valence-electron chi connectivity index (χ4n) is 1.42. The molecule has 2 rings (SSSR count). The molecule has 1 N–H and O–H groups in total. The second kappa shape index (κ2) is 3.49. The van der Waals surface area contributed by atoms with E-state index in [9.17, 15) is 4.79 Å². The molecule has 0 radical (unpaired) electrons. The maximum Gasteiger partial charge on any atom is 0.274 e. The molecule has 14 heavy (non-hydrogen) atoms. The van der Waals surface area contributed by atoms with Crippen LogP contribution >= 0.6 is 0 Å². The highest BCUT2D eigenvalue weighted by Crippen LogP contribution is 2.11. The summed E-state index contributed by atoms with van der Waals surface area (Å²) in [6.45, 7) is 1.02. The summed E-state index contributed by atoms with van der Waals surface area (Å²) in [5.74, 6) is -0.184. The summed E-state index contributed by atoms with van der Waals surface area (Å²) < 4.78 is 0. The van der Waals surface area contributed by atoms with Crippen molar-refractivity contribution in [3.63, 3.8) is 0 Å². The lowest BCUT2D eigenvalue weighted by atomic mass is 10.1. The lowest BCUT2D eigenvalue weighted by Gasteiger charge is -2.30. The van der Waals surface area contributed by atoms with E-state index in [0.29, 0.717) is 13.1 Å². The molecule has 72 valence electrons. The molecule has 1 aliphatic rings. The molecule has 0 atom stereocenters. The number of amides is 1. The van der Waals surface area contributed by atoms with Crippen molar-refractivity contribution in [2.45, 2.75) is 6.54 Å². The SMILES string of the molecule is O=C1/C(=N\O)CN1Cc1ccccc1. The molecule has 0 aliphatic carbocycles. The largest absolute Gasteiger partial charge is 0.410 e. The van der Waals surface area contributed by atoms with Crippen LogP contribution in [-0.2, 0) is 11.3 Å². The monoisotopic (exact) mass is 190 g/mol. The Labute approximate surface area is 81.5 Å². The standard InChI is InChI=1S/C10H10N2O2/c13-10-9(11-14)7-12(10)6-8-4-2-1-3-5-8/h1-5,14H,6-7H2/b11-9-. The highest BCUT2D eigenvalue weighted by atomic mass is 16.4. The smallest absolute Gasteiger partial charge is 0.274 e. The Hall–Kier alpha value is -1.84. The number of hydrogen-bond acceptors (Lipinski definition) is 3. The van der Waals surface area contributed by atoms with E-state index >= 15 is 0 Å². The fourth-order valence-corrected chi connectivity index (χ4v) is 1.42. The second-order valence-corrected chi connectivity index (χ2v) is 3.19. The Balaban J connectivity index is 1.99. The van der Waals surface area contributed by atoms with Crippen LogP contribution in [0.5, 0.6) is 0 Å². The number of hydrogen-bond donors (Lipinski definition) is 1. The number of carbonyl (C=O) groups is 1. The van der Waals surface area contributed by atoms with Crippen molar-refractivity contribution in [1.82, 2.24) is 4.90 Å². The predicted molar refractivity (Wildman–Crippen MR) is 51.1 cm³/mol. The Bertz CT molecular complexity index is 373. The van der Waals surface area contributed by atoms with E-state index in [0.717, 1.165) is 5.56 Å². The van der Waals surface area contributed by atoms with Gasteiger partial charge in [-0.2, -0.15) is 0 Å². The molecule has 0 saturated carbocycles. The minimum atomic E-state index is -0.184. The summed E-state index contributed by atoms with van der Waals surface area (Å²) in [6, 6.07) is 9.71. The van der Waals surface area contributed by atoms with E-state index in [1.54, 1.807) is 4.90 Å². The number of benzene rings is 1. The molecule has 0 aromatic heterocycles. The van der Waals surface area contributed by atoms with Gasteiger partial charge >= 0.3 is 0 Å². The van der Waals surface area contributed by atoms with Crippen LogP contribution in [0.1, 0.15) is 5.56 Å². The highest BCUT2D eigenvalue weighted by Gasteiger charge is 2.32. The summed E-state index contributed by atoms with van der Waals surface area (Å²) in [5, 5.41) is 11.3. The zero-order valence-electron chi connectivity index (χ0n) is 7.55. The van der Waals surface area contributed by atoms with Crippen LogP contribution in [-0.4, -0.2) is 28.3 Å². The van der Waals surface area contributed by atoms with Gasteiger partial charge in [-0.1, -0.05) is 35.5 Å². The number of nitrogens with zero attached hydrogens (tertiary/aromatic N) is 2. The first kappa shape index (κ1) is 8.74. The molecule has 0 spiro atoms. The molecular formula is C10H10N2O2. The van der Waals surface area contributed by atoms with Gasteiger partial charge in [0.2, 0.25) is 0 Å². The van der Waals surface area contributed by atoms with Crippen molar-refractivity contribution in [3.8, 4) is 0 Å². The molecule has 1 amide bonds. The Morgan fingerprint density at radius 2 is 2.07 bits per heavy atom. The first-order valence-electron chi connectivity index (χ1n) is 4.35. The third kappa shape index (κ3) is 1.46. The van der Waals surface area contributed by atoms with Gasteiger partial charge in [-0.25, -0.2) is 0 Å². The van der Waals surface area contributed by atoms with Crippen molar-refractivity contribution in [1.29, 1.82) is 0 Å². The van der Waals surface area contributed by atoms with Gasteiger partial charge in [0, 0.05) is 6.54 Å². The zero-order chi connectivity index (χ0) is 9.97. The van der Waals surface area contributed by atoms with E-state index in [4.69, 9.17) is 5.21 Å². The third-order valence-corrected chi connectivity index (χ3v) is 2.21. The molecule has 1 saturated heterocycles. The topological polar surface area (TPSA) is 52.9 Å². The van der Waals surface area contributed by atoms with Gasteiger partial charge in [-0.05, 0) is 5.56 Å². The van der Waals surface area contributed by atoms with Crippen LogP contribution in [0.25, 0.3) is 0 Å². The average Bonchev–Trinajstić information content (AvgIpc) is 2.24. The Morgan fingerprint density at radius 3 is 2.64 bits per heavy atom. The molecule has 1 heterocycles. The lowest BCUT2D eigenvalue weighted by molar-refractivity contribution is -0.128. The van der Waals surface area contributed by atoms with Crippen LogP contribution in [0.2, 0.25) is 0 Å². The minimum Gasteiger partial charge on any atom is -0.410 e. The van der Waals surface area contributed by atoms with E-state index < -0.39 is 0 Å². The third-order valence-electron chi connectivity index (χ3n) is 2.21. The van der Waals surface area contributed by atoms with Gasteiger partial charge in [0.1, 0.15) is 0 Å². The van der Waals surface area contributed by atoms with Crippen molar-refractivity contribution in [3.05, 3.63) is 35.9 Å². The molecule has 0 bridgehead atoms. The maximum absolute atomic E-state index is 11.2. The number of rotatable bonds is 2. The summed E-state index contributed by atoms with van der Waals surface area (Å²) in [5.41, 5.74) is 1.32. The van der Waals surface area contributed by atoms with Gasteiger partial charge < -0.3 is 10.1 Å². The van der Waals surface area contributed by atoms with Crippen molar-refractivity contribution >= 4 is 11.6 Å². The van der Waals surface area contributed by atoms with Gasteiger partial charge in [0.25, 0.3) is 5.91 Å². The van der Waals surface area contributed by atoms with Crippen molar-refractivity contribution < 1.29 is 10.0 Å². The fraction of sp³-hybridized carbons (Fsp3) is 0.200. The number of β-lactam (4-membered cyclic amide) rings is 1. The quantitative estimate of drug-likeness (QED) is 0.427. The molecule has 1 aliphatic heterocycles. The van der Waals surface area contributed by atoms with E-state index in [2.05, 4.69) is 5.16 Å². The Morgan fingerprint density at radius 1 is 1.36 bits per heavy atom.